The molecule has 2 N–H and O–H groups in total. The molecule has 0 saturated heterocycles. The monoisotopic (exact) mass is 154 g/mol. The van der Waals surface area contributed by atoms with Crippen molar-refractivity contribution in [1.82, 2.24) is 10.5 Å². The van der Waals surface area contributed by atoms with Crippen molar-refractivity contribution in [2.75, 3.05) is 7.05 Å². The van der Waals surface area contributed by atoms with Gasteiger partial charge in [0.2, 0.25) is 13.9 Å². The summed E-state index contributed by atoms with van der Waals surface area (Å²) in [5, 5.41) is 4.65. The van der Waals surface area contributed by atoms with E-state index < -0.39 is 6.04 Å². The normalized spacial score (nSPS) is 12.2. The van der Waals surface area contributed by atoms with E-state index in [1.807, 2.05) is 5.23 Å². The van der Waals surface area contributed by atoms with E-state index in [9.17, 15) is 9.59 Å². The molecule has 4 nitrogen and oxygen atoms in total. The number of amides is 1. The Bertz CT molecular complexity index is 161. The van der Waals surface area contributed by atoms with Crippen LogP contribution in [-0.2, 0) is 9.59 Å². The van der Waals surface area contributed by atoms with Gasteiger partial charge in [-0.2, -0.15) is 0 Å². The zero-order chi connectivity index (χ0) is 8.85. The molecule has 0 aliphatic heterocycles. The summed E-state index contributed by atoms with van der Waals surface area (Å²) in [5.41, 5.74) is 0. The van der Waals surface area contributed by atoms with Crippen molar-refractivity contribution in [3.63, 3.8) is 0 Å². The highest BCUT2D eigenvalue weighted by Crippen LogP contribution is 1.91. The second-order valence-electron chi connectivity index (χ2n) is 2.22. The molecule has 0 bridgehead atoms. The largest absolute Gasteiger partial charge is 0.409 e. The summed E-state index contributed by atoms with van der Waals surface area (Å²) in [6.07, 6.45) is 0.0856. The molecule has 0 aliphatic rings. The lowest BCUT2D eigenvalue weighted by Gasteiger charge is -2.10. The maximum absolute atomic E-state index is 10.7. The number of Topliss-reactive ketones (excluding diaryl/α,β-unsaturated/α-hetero) is 1. The van der Waals surface area contributed by atoms with Crippen molar-refractivity contribution < 1.29 is 9.59 Å². The number of carbonyl (C=O) groups is 2. The molecule has 1 amide bonds. The van der Waals surface area contributed by atoms with Crippen molar-refractivity contribution in [3.8, 4) is 0 Å². The minimum atomic E-state index is -0.432. The molecule has 1 atom stereocenters. The number of hydrogen-bond acceptors (Lipinski definition) is 3. The van der Waals surface area contributed by atoms with Crippen molar-refractivity contribution in [3.05, 3.63) is 0 Å². The second kappa shape index (κ2) is 4.90. The average Bonchev–Trinajstić information content (AvgIpc) is 1.99. The smallest absolute Gasteiger partial charge is 0.226 e. The molecule has 0 aliphatic carbocycles. The van der Waals surface area contributed by atoms with Crippen LogP contribution >= 0.6 is 0 Å². The SMILES string of the molecule is [B]NC(=O)CC(NC)C(C)=O. The molecular weight excluding hydrogens is 143 g/mol. The van der Waals surface area contributed by atoms with Crippen molar-refractivity contribution in [2.45, 2.75) is 19.4 Å². The third kappa shape index (κ3) is 3.77. The summed E-state index contributed by atoms with van der Waals surface area (Å²) in [6, 6.07) is -0.432. The predicted octanol–water partition coefficient (Wildman–Crippen LogP) is -1.25. The average molecular weight is 154 g/mol. The Hall–Kier alpha value is -0.835. The third-order valence-electron chi connectivity index (χ3n) is 1.39. The Morgan fingerprint density at radius 3 is 2.36 bits per heavy atom. The number of carbonyl (C=O) groups excluding carboxylic acids is 2. The number of ketones is 1. The van der Waals surface area contributed by atoms with E-state index in [0.29, 0.717) is 0 Å². The van der Waals surface area contributed by atoms with E-state index in [4.69, 9.17) is 7.98 Å². The standard InChI is InChI=1S/C6H11BN2O2/c1-4(10)5(8-2)3-6(11)9-7/h5,8H,3H2,1-2H3,(H,9,11). The Kier molecular flexibility index (Phi) is 4.53. The van der Waals surface area contributed by atoms with Gasteiger partial charge in [0, 0.05) is 6.42 Å². The van der Waals surface area contributed by atoms with E-state index in [0.717, 1.165) is 0 Å². The summed E-state index contributed by atoms with van der Waals surface area (Å²) in [7, 11) is 6.46. The van der Waals surface area contributed by atoms with Gasteiger partial charge < -0.3 is 10.5 Å². The molecule has 0 aromatic carbocycles. The lowest BCUT2D eigenvalue weighted by molar-refractivity contribution is -0.125. The van der Waals surface area contributed by atoms with Gasteiger partial charge in [0.25, 0.3) is 0 Å². The molecule has 1 unspecified atom stereocenters. The molecule has 5 heteroatoms. The van der Waals surface area contributed by atoms with E-state index in [1.54, 1.807) is 7.05 Å². The first-order chi connectivity index (χ1) is 5.11. The van der Waals surface area contributed by atoms with Gasteiger partial charge in [-0.1, -0.05) is 0 Å². The first-order valence-electron chi connectivity index (χ1n) is 3.29. The molecule has 0 aromatic heterocycles. The fourth-order valence-corrected chi connectivity index (χ4v) is 0.693. The number of nitrogens with one attached hydrogen (secondary N) is 2. The Labute approximate surface area is 67.2 Å². The lowest BCUT2D eigenvalue weighted by atomic mass is 10.1. The molecule has 0 spiro atoms. The van der Waals surface area contributed by atoms with Crippen LogP contribution in [0.3, 0.4) is 0 Å². The van der Waals surface area contributed by atoms with Crippen LogP contribution in [0.2, 0.25) is 0 Å². The molecule has 0 rings (SSSR count). The quantitative estimate of drug-likeness (QED) is 0.497. The molecule has 0 saturated carbocycles. The van der Waals surface area contributed by atoms with E-state index in [-0.39, 0.29) is 18.1 Å². The van der Waals surface area contributed by atoms with Gasteiger partial charge in [0.15, 0.2) is 0 Å². The highest BCUT2D eigenvalue weighted by atomic mass is 16.2. The topological polar surface area (TPSA) is 58.2 Å². The maximum atomic E-state index is 10.7. The Morgan fingerprint density at radius 2 is 2.09 bits per heavy atom. The summed E-state index contributed by atoms with van der Waals surface area (Å²) in [5.74, 6) is -0.421. The van der Waals surface area contributed by atoms with Gasteiger partial charge in [0.05, 0.1) is 6.04 Å². The number of rotatable bonds is 4. The van der Waals surface area contributed by atoms with Crippen LogP contribution in [0.1, 0.15) is 13.3 Å². The van der Waals surface area contributed by atoms with Crippen LogP contribution < -0.4 is 10.5 Å². The Morgan fingerprint density at radius 1 is 1.55 bits per heavy atom. The zero-order valence-corrected chi connectivity index (χ0v) is 6.68. The summed E-state index contributed by atoms with van der Waals surface area (Å²) in [6.45, 7) is 1.42. The fourth-order valence-electron chi connectivity index (χ4n) is 0.693. The molecule has 0 aromatic rings. The first kappa shape index (κ1) is 10.2. The molecule has 11 heavy (non-hydrogen) atoms. The van der Waals surface area contributed by atoms with Crippen LogP contribution in [0.25, 0.3) is 0 Å². The highest BCUT2D eigenvalue weighted by Gasteiger charge is 2.14. The summed E-state index contributed by atoms with van der Waals surface area (Å²) >= 11 is 0. The van der Waals surface area contributed by atoms with Crippen LogP contribution in [0.4, 0.5) is 0 Å². The summed E-state index contributed by atoms with van der Waals surface area (Å²) < 4.78 is 0. The van der Waals surface area contributed by atoms with E-state index >= 15 is 0 Å². The number of likely N-dealkylation sites (N-methyl/N-ethyl adjacent to an activating group) is 1. The maximum Gasteiger partial charge on any atom is 0.226 e. The Balaban J connectivity index is 3.88. The van der Waals surface area contributed by atoms with Crippen LogP contribution in [0.15, 0.2) is 0 Å². The number of hydrogen-bond donors (Lipinski definition) is 2. The van der Waals surface area contributed by atoms with Crippen LogP contribution in [0, 0.1) is 0 Å². The van der Waals surface area contributed by atoms with Gasteiger partial charge in [-0.05, 0) is 14.0 Å². The van der Waals surface area contributed by atoms with Gasteiger partial charge in [-0.15, -0.1) is 0 Å². The van der Waals surface area contributed by atoms with Gasteiger partial charge in [-0.25, -0.2) is 0 Å². The minimum absolute atomic E-state index is 0.0731. The molecule has 60 valence electrons. The highest BCUT2D eigenvalue weighted by molar-refractivity contribution is 6.14. The van der Waals surface area contributed by atoms with Crippen LogP contribution in [-0.4, -0.2) is 32.8 Å². The van der Waals surface area contributed by atoms with Gasteiger partial charge >= 0.3 is 0 Å². The van der Waals surface area contributed by atoms with E-state index in [2.05, 4.69) is 5.32 Å². The molecule has 0 fully saturated rings. The van der Waals surface area contributed by atoms with Crippen molar-refractivity contribution >= 4 is 19.7 Å². The lowest BCUT2D eigenvalue weighted by Crippen LogP contribution is -2.37. The second-order valence-corrected chi connectivity index (χ2v) is 2.22. The zero-order valence-electron chi connectivity index (χ0n) is 6.68. The van der Waals surface area contributed by atoms with Gasteiger partial charge in [0.1, 0.15) is 5.78 Å². The van der Waals surface area contributed by atoms with Gasteiger partial charge in [-0.3, -0.25) is 9.59 Å². The fraction of sp³-hybridized carbons (Fsp3) is 0.667. The molecular formula is C6H11BN2O2. The van der Waals surface area contributed by atoms with Crippen molar-refractivity contribution in [2.24, 2.45) is 0 Å². The third-order valence-corrected chi connectivity index (χ3v) is 1.39. The summed E-state index contributed by atoms with van der Waals surface area (Å²) in [4.78, 5) is 21.4. The predicted molar refractivity (Wildman–Crippen MR) is 42.0 cm³/mol. The van der Waals surface area contributed by atoms with E-state index in [1.165, 1.54) is 6.92 Å². The van der Waals surface area contributed by atoms with Crippen molar-refractivity contribution in [1.29, 1.82) is 0 Å². The van der Waals surface area contributed by atoms with Crippen LogP contribution in [0.5, 0.6) is 0 Å². The molecule has 0 heterocycles. The minimum Gasteiger partial charge on any atom is -0.409 e. The first-order valence-corrected chi connectivity index (χ1v) is 3.29. The molecule has 2 radical (unpaired) electrons.